The van der Waals surface area contributed by atoms with Crippen LogP contribution >= 0.6 is 0 Å². The topological polar surface area (TPSA) is 117 Å². The minimum Gasteiger partial charge on any atom is -0.741 e. The van der Waals surface area contributed by atoms with E-state index in [0.717, 1.165) is 0 Å². The Kier molecular flexibility index (Phi) is 8.47. The number of hydrogen-bond acceptors (Lipinski definition) is 7. The van der Waals surface area contributed by atoms with Gasteiger partial charge in [0.15, 0.2) is 22.1 Å². The molecule has 148 valence electrons. The molecule has 1 rings (SSSR count). The van der Waals surface area contributed by atoms with Crippen LogP contribution in [0.25, 0.3) is 0 Å². The van der Waals surface area contributed by atoms with Crippen LogP contribution in [0.2, 0.25) is 0 Å². The van der Waals surface area contributed by atoms with Crippen molar-refractivity contribution in [3.8, 4) is 5.75 Å². The molecule has 0 N–H and O–H groups in total. The normalized spacial score (nSPS) is 11.1. The van der Waals surface area contributed by atoms with E-state index >= 15 is 0 Å². The number of hydrogen-bond donors (Lipinski definition) is 0. The van der Waals surface area contributed by atoms with Crippen molar-refractivity contribution in [1.82, 2.24) is 4.90 Å². The summed E-state index contributed by atoms with van der Waals surface area (Å²) < 4.78 is 70.5. The Labute approximate surface area is 147 Å². The van der Waals surface area contributed by atoms with Gasteiger partial charge in [0, 0.05) is 20.2 Å². The van der Waals surface area contributed by atoms with Crippen LogP contribution in [-0.2, 0) is 21.9 Å². The van der Waals surface area contributed by atoms with Crippen molar-refractivity contribution in [2.75, 3.05) is 20.7 Å². The Morgan fingerprint density at radius 3 is 2.15 bits per heavy atom. The summed E-state index contributed by atoms with van der Waals surface area (Å²) in [6.07, 6.45) is 2.70. The predicted molar refractivity (Wildman–Crippen MR) is 79.0 cm³/mol. The lowest BCUT2D eigenvalue weighted by atomic mass is 10.3. The highest BCUT2D eigenvalue weighted by Gasteiger charge is 2.36. The highest BCUT2D eigenvalue weighted by Crippen LogP contribution is 2.20. The second-order valence-corrected chi connectivity index (χ2v) is 6.18. The van der Waals surface area contributed by atoms with Gasteiger partial charge in [-0.05, 0) is 6.92 Å². The summed E-state index contributed by atoms with van der Waals surface area (Å²) in [5.41, 5.74) is -5.31. The van der Waals surface area contributed by atoms with E-state index in [4.69, 9.17) is 22.4 Å². The molecule has 0 aliphatic rings. The van der Waals surface area contributed by atoms with Gasteiger partial charge in [-0.25, -0.2) is 22.6 Å². The molecule has 1 aromatic rings. The maximum absolute atomic E-state index is 11.6. The molecule has 1 aromatic heterocycles. The van der Waals surface area contributed by atoms with Crippen molar-refractivity contribution >= 4 is 22.2 Å². The third-order valence-corrected chi connectivity index (χ3v) is 2.90. The summed E-state index contributed by atoms with van der Waals surface area (Å²) in [5.74, 6) is -0.155. The van der Waals surface area contributed by atoms with Crippen molar-refractivity contribution in [2.45, 2.75) is 12.4 Å². The van der Waals surface area contributed by atoms with Gasteiger partial charge >= 0.3 is 17.6 Å². The van der Waals surface area contributed by atoms with Gasteiger partial charge in [0.05, 0.1) is 6.61 Å². The first-order valence-corrected chi connectivity index (χ1v) is 8.18. The van der Waals surface area contributed by atoms with Crippen molar-refractivity contribution in [2.24, 2.45) is 7.05 Å². The molecule has 9 nitrogen and oxygen atoms in total. The molecule has 0 fully saturated rings. The van der Waals surface area contributed by atoms with Crippen LogP contribution in [0.5, 0.6) is 5.75 Å². The van der Waals surface area contributed by atoms with Gasteiger partial charge in [-0.3, -0.25) is 0 Å². The lowest BCUT2D eigenvalue weighted by Gasteiger charge is -2.10. The lowest BCUT2D eigenvalue weighted by Crippen LogP contribution is -2.31. The molecule has 26 heavy (non-hydrogen) atoms. The first kappa shape index (κ1) is 23.6. The number of pyridine rings is 1. The summed E-state index contributed by atoms with van der Waals surface area (Å²) in [5, 5.41) is 0. The Morgan fingerprint density at radius 1 is 1.27 bits per heavy atom. The summed E-state index contributed by atoms with van der Waals surface area (Å²) in [7, 11) is -1.20. The number of aryl methyl sites for hydroxylation is 1. The second kappa shape index (κ2) is 9.33. The zero-order chi connectivity index (χ0) is 20.7. The van der Waals surface area contributed by atoms with E-state index in [1.54, 1.807) is 45.0 Å². The van der Waals surface area contributed by atoms with Crippen molar-refractivity contribution in [3.63, 3.8) is 0 Å². The van der Waals surface area contributed by atoms with Gasteiger partial charge < -0.3 is 18.9 Å². The molecule has 0 aromatic carbocycles. The molecule has 0 unspecified atom stereocenters. The number of nitrogens with zero attached hydrogens (tertiary/aromatic N) is 2. The first-order chi connectivity index (χ1) is 11.7. The SMILES string of the molecule is CCOC(=O)c1cc(OC(=O)N(C)C)c[n+](C)c1.O=S(=O)([O-])C(F)(F)F. The third-order valence-electron chi connectivity index (χ3n) is 2.34. The van der Waals surface area contributed by atoms with Crippen molar-refractivity contribution in [1.29, 1.82) is 0 Å². The van der Waals surface area contributed by atoms with Gasteiger partial charge in [-0.2, -0.15) is 13.2 Å². The maximum Gasteiger partial charge on any atom is 0.485 e. The van der Waals surface area contributed by atoms with Gasteiger partial charge in [-0.1, -0.05) is 0 Å². The summed E-state index contributed by atoms with van der Waals surface area (Å²) in [6.45, 7) is 2.03. The number of carbonyl (C=O) groups excluding carboxylic acids is 2. The molecule has 0 radical (unpaired) electrons. The molecule has 0 aliphatic heterocycles. The van der Waals surface area contributed by atoms with Crippen LogP contribution in [0.15, 0.2) is 18.5 Å². The van der Waals surface area contributed by atoms with Gasteiger partial charge in [0.25, 0.3) is 0 Å². The van der Waals surface area contributed by atoms with Crippen molar-refractivity contribution < 1.29 is 49.8 Å². The van der Waals surface area contributed by atoms with Crippen LogP contribution < -0.4 is 9.30 Å². The quantitative estimate of drug-likeness (QED) is 0.318. The van der Waals surface area contributed by atoms with Crippen LogP contribution in [0.3, 0.4) is 0 Å². The number of alkyl halides is 3. The van der Waals surface area contributed by atoms with Crippen LogP contribution in [0.1, 0.15) is 17.3 Å². The average Bonchev–Trinajstić information content (AvgIpc) is 2.45. The van der Waals surface area contributed by atoms with Crippen LogP contribution in [0, 0.1) is 0 Å². The minimum atomic E-state index is -6.09. The van der Waals surface area contributed by atoms with E-state index < -0.39 is 27.7 Å². The maximum atomic E-state index is 11.6. The number of esters is 1. The zero-order valence-electron chi connectivity index (χ0n) is 14.2. The number of halogens is 3. The van der Waals surface area contributed by atoms with Crippen LogP contribution in [0.4, 0.5) is 18.0 Å². The number of amides is 1. The molecule has 1 amide bonds. The van der Waals surface area contributed by atoms with Gasteiger partial charge in [0.2, 0.25) is 6.20 Å². The first-order valence-electron chi connectivity index (χ1n) is 6.77. The zero-order valence-corrected chi connectivity index (χ0v) is 15.0. The number of rotatable bonds is 3. The lowest BCUT2D eigenvalue weighted by molar-refractivity contribution is -0.671. The average molecular weight is 402 g/mol. The monoisotopic (exact) mass is 402 g/mol. The number of carbonyl (C=O) groups is 2. The molecule has 0 aliphatic carbocycles. The molecular weight excluding hydrogens is 385 g/mol. The predicted octanol–water partition coefficient (Wildman–Crippen LogP) is 0.800. The Balaban J connectivity index is 0.000000660. The van der Waals surface area contributed by atoms with E-state index in [0.29, 0.717) is 17.9 Å². The molecular formula is C13H17F3N2O7S. The Hall–Kier alpha value is -2.41. The fraction of sp³-hybridized carbons (Fsp3) is 0.462. The van der Waals surface area contributed by atoms with E-state index in [2.05, 4.69) is 0 Å². The fourth-order valence-corrected chi connectivity index (χ4v) is 1.26. The second-order valence-electron chi connectivity index (χ2n) is 4.81. The molecule has 13 heteroatoms. The Morgan fingerprint density at radius 2 is 1.77 bits per heavy atom. The van der Waals surface area contributed by atoms with Crippen LogP contribution in [-0.4, -0.2) is 56.1 Å². The van der Waals surface area contributed by atoms with E-state index in [1.165, 1.54) is 11.0 Å². The highest BCUT2D eigenvalue weighted by atomic mass is 32.2. The van der Waals surface area contributed by atoms with Crippen molar-refractivity contribution in [3.05, 3.63) is 24.0 Å². The van der Waals surface area contributed by atoms with E-state index in [1.807, 2.05) is 0 Å². The fourth-order valence-electron chi connectivity index (χ4n) is 1.26. The molecule has 0 spiro atoms. The number of aromatic nitrogens is 1. The third kappa shape index (κ3) is 8.11. The van der Waals surface area contributed by atoms with E-state index in [-0.39, 0.29) is 0 Å². The highest BCUT2D eigenvalue weighted by molar-refractivity contribution is 7.86. The Bertz CT molecular complexity index is 749. The molecule has 1 heterocycles. The largest absolute Gasteiger partial charge is 0.741 e. The number of ether oxygens (including phenoxy) is 2. The molecule has 0 saturated heterocycles. The minimum absolute atomic E-state index is 0.293. The van der Waals surface area contributed by atoms with E-state index in [9.17, 15) is 22.8 Å². The van der Waals surface area contributed by atoms with Gasteiger partial charge in [0.1, 0.15) is 12.6 Å². The molecule has 0 bridgehead atoms. The molecule has 0 saturated carbocycles. The van der Waals surface area contributed by atoms with Gasteiger partial charge in [-0.15, -0.1) is 0 Å². The smallest absolute Gasteiger partial charge is 0.485 e. The summed E-state index contributed by atoms with van der Waals surface area (Å²) in [4.78, 5) is 24.3. The summed E-state index contributed by atoms with van der Waals surface area (Å²) in [6, 6.07) is 1.47. The summed E-state index contributed by atoms with van der Waals surface area (Å²) >= 11 is 0. The molecule has 0 atom stereocenters. The standard InChI is InChI=1S/C12H17N2O4.CHF3O3S/c1-5-17-11(15)9-6-10(8-14(4)7-9)18-12(16)13(2)3;2-1(3,4)8(5,6)7/h6-8H,5H2,1-4H3;(H,5,6,7)/q+1;/p-1.